The number of rotatable bonds is 19. The van der Waals surface area contributed by atoms with Crippen LogP contribution < -0.4 is 4.74 Å². The topological polar surface area (TPSA) is 52.6 Å². The molecule has 35 heavy (non-hydrogen) atoms. The van der Waals surface area contributed by atoms with Gasteiger partial charge in [0.25, 0.3) is 0 Å². The molecule has 1 aliphatic heterocycles. The Morgan fingerprint density at radius 1 is 0.971 bits per heavy atom. The summed E-state index contributed by atoms with van der Waals surface area (Å²) in [6.45, 7) is 8.05. The zero-order valence-electron chi connectivity index (χ0n) is 22.1. The van der Waals surface area contributed by atoms with Gasteiger partial charge in [-0.3, -0.25) is 9.59 Å². The van der Waals surface area contributed by atoms with Crippen LogP contribution in [0.3, 0.4) is 0 Å². The molecule has 0 aliphatic carbocycles. The molecule has 0 amide bonds. The second kappa shape index (κ2) is 17.1. The molecule has 0 saturated carbocycles. The van der Waals surface area contributed by atoms with Gasteiger partial charge in [-0.25, -0.2) is 0 Å². The molecule has 0 saturated heterocycles. The van der Waals surface area contributed by atoms with Crippen LogP contribution in [0.5, 0.6) is 5.75 Å². The van der Waals surface area contributed by atoms with E-state index in [4.69, 9.17) is 9.47 Å². The van der Waals surface area contributed by atoms with Crippen LogP contribution in [0.15, 0.2) is 42.5 Å². The van der Waals surface area contributed by atoms with Crippen LogP contribution in [-0.4, -0.2) is 24.5 Å². The van der Waals surface area contributed by atoms with Crippen molar-refractivity contribution >= 4 is 11.8 Å². The van der Waals surface area contributed by atoms with E-state index in [2.05, 4.69) is 25.7 Å². The van der Waals surface area contributed by atoms with E-state index in [-0.39, 0.29) is 24.5 Å². The highest BCUT2D eigenvalue weighted by Gasteiger charge is 2.26. The number of benzene rings is 1. The zero-order valence-corrected chi connectivity index (χ0v) is 22.1. The van der Waals surface area contributed by atoms with Gasteiger partial charge in [-0.05, 0) is 62.8 Å². The summed E-state index contributed by atoms with van der Waals surface area (Å²) in [5.41, 5.74) is 2.44. The maximum absolute atomic E-state index is 12.1. The third-order valence-corrected chi connectivity index (χ3v) is 6.66. The van der Waals surface area contributed by atoms with Gasteiger partial charge < -0.3 is 9.47 Å². The van der Waals surface area contributed by atoms with Gasteiger partial charge in [0, 0.05) is 24.0 Å². The number of fused-ring (bicyclic) bond motifs is 1. The van der Waals surface area contributed by atoms with Gasteiger partial charge in [-0.2, -0.15) is 0 Å². The van der Waals surface area contributed by atoms with E-state index in [1.165, 1.54) is 70.6 Å². The number of ketones is 1. The molecule has 194 valence electrons. The minimum atomic E-state index is -0.208. The summed E-state index contributed by atoms with van der Waals surface area (Å²) in [6.07, 6.45) is 21.7. The second-order valence-electron chi connectivity index (χ2n) is 9.84. The molecule has 1 aromatic carbocycles. The number of carbonyl (C=O) groups excluding carboxylic acids is 2. The average molecular weight is 483 g/mol. The fraction of sp³-hybridized carbons (Fsp3) is 0.613. The van der Waals surface area contributed by atoms with E-state index in [0.717, 1.165) is 29.7 Å². The summed E-state index contributed by atoms with van der Waals surface area (Å²) >= 11 is 0. The molecule has 4 nitrogen and oxygen atoms in total. The van der Waals surface area contributed by atoms with E-state index in [1.54, 1.807) is 13.0 Å². The fourth-order valence-electron chi connectivity index (χ4n) is 4.37. The Morgan fingerprint density at radius 2 is 1.60 bits per heavy atom. The quantitative estimate of drug-likeness (QED) is 0.0860. The Labute approximate surface area is 213 Å². The molecule has 1 aromatic rings. The molecule has 4 heteroatoms. The first-order chi connectivity index (χ1) is 17.0. The zero-order chi connectivity index (χ0) is 25.3. The number of hydrogen-bond donors (Lipinski definition) is 0. The normalized spacial score (nSPS) is 14.6. The van der Waals surface area contributed by atoms with E-state index >= 15 is 0 Å². The van der Waals surface area contributed by atoms with E-state index in [1.807, 2.05) is 12.1 Å². The van der Waals surface area contributed by atoms with Crippen molar-refractivity contribution in [3.8, 4) is 5.75 Å². The molecule has 2 rings (SSSR count). The maximum atomic E-state index is 12.1. The standard InChI is InChI=1S/C31H46O4/c1-4-5-6-7-8-9-10-11-12-13-14-15-16-17-18-19-31(33)34-24-25(2)30-23-28-22-27(26(3)32)20-21-29(28)35-30/h11-12,20-22,30H,2,4-10,13-19,23-24H2,1,3H3/b12-11-/t30-/m1/s1. The van der Waals surface area contributed by atoms with Crippen molar-refractivity contribution in [1.29, 1.82) is 0 Å². The van der Waals surface area contributed by atoms with Crippen molar-refractivity contribution in [3.05, 3.63) is 53.6 Å². The Balaban J connectivity index is 1.44. The number of Topliss-reactive ketones (excluding diaryl/α,β-unsaturated/α-hetero) is 1. The number of allylic oxidation sites excluding steroid dienone is 2. The first-order valence-corrected chi connectivity index (χ1v) is 13.8. The van der Waals surface area contributed by atoms with Crippen molar-refractivity contribution in [1.82, 2.24) is 0 Å². The average Bonchev–Trinajstić information content (AvgIpc) is 3.28. The third kappa shape index (κ3) is 11.7. The van der Waals surface area contributed by atoms with Crippen LogP contribution in [0.4, 0.5) is 0 Å². The number of unbranched alkanes of at least 4 members (excludes halogenated alkanes) is 11. The van der Waals surface area contributed by atoms with Gasteiger partial charge in [0.05, 0.1) is 0 Å². The van der Waals surface area contributed by atoms with Crippen LogP contribution in [0.25, 0.3) is 0 Å². The molecule has 0 radical (unpaired) electrons. The molecule has 0 fully saturated rings. The minimum absolute atomic E-state index is 0.0413. The first-order valence-electron chi connectivity index (χ1n) is 13.8. The first kappa shape index (κ1) is 28.9. The van der Waals surface area contributed by atoms with Crippen molar-refractivity contribution < 1.29 is 19.1 Å². The van der Waals surface area contributed by atoms with Crippen molar-refractivity contribution in [3.63, 3.8) is 0 Å². The molecule has 1 aliphatic rings. The number of esters is 1. The minimum Gasteiger partial charge on any atom is -0.485 e. The van der Waals surface area contributed by atoms with Crippen LogP contribution in [0.2, 0.25) is 0 Å². The Bertz CT molecular complexity index is 823. The predicted molar refractivity (Wildman–Crippen MR) is 144 cm³/mol. The number of carbonyl (C=O) groups is 2. The van der Waals surface area contributed by atoms with Gasteiger partial charge in [-0.1, -0.05) is 77.0 Å². The summed E-state index contributed by atoms with van der Waals surface area (Å²) in [4.78, 5) is 23.7. The molecule has 1 heterocycles. The van der Waals surface area contributed by atoms with Gasteiger partial charge >= 0.3 is 5.97 Å². The van der Waals surface area contributed by atoms with E-state index in [0.29, 0.717) is 18.4 Å². The van der Waals surface area contributed by atoms with Crippen molar-refractivity contribution in [2.75, 3.05) is 6.61 Å². The summed E-state index contributed by atoms with van der Waals surface area (Å²) in [5, 5.41) is 0. The van der Waals surface area contributed by atoms with E-state index < -0.39 is 0 Å². The van der Waals surface area contributed by atoms with Crippen LogP contribution in [0, 0.1) is 0 Å². The van der Waals surface area contributed by atoms with Crippen LogP contribution in [-0.2, 0) is 16.0 Å². The number of hydrogen-bond acceptors (Lipinski definition) is 4. The molecule has 0 aromatic heterocycles. The largest absolute Gasteiger partial charge is 0.485 e. The van der Waals surface area contributed by atoms with Gasteiger partial charge in [-0.15, -0.1) is 0 Å². The lowest BCUT2D eigenvalue weighted by atomic mass is 10.0. The number of ether oxygens (including phenoxy) is 2. The monoisotopic (exact) mass is 482 g/mol. The molecule has 0 N–H and O–H groups in total. The third-order valence-electron chi connectivity index (χ3n) is 6.66. The molecule has 0 unspecified atom stereocenters. The lowest BCUT2D eigenvalue weighted by Gasteiger charge is -2.14. The lowest BCUT2D eigenvalue weighted by molar-refractivity contribution is -0.143. The van der Waals surface area contributed by atoms with Crippen LogP contribution in [0.1, 0.15) is 120 Å². The molecule has 1 atom stereocenters. The lowest BCUT2D eigenvalue weighted by Crippen LogP contribution is -2.20. The van der Waals surface area contributed by atoms with Crippen LogP contribution >= 0.6 is 0 Å². The molecule has 0 spiro atoms. The summed E-state index contributed by atoms with van der Waals surface area (Å²) in [6, 6.07) is 5.49. The Morgan fingerprint density at radius 3 is 2.26 bits per heavy atom. The Kier molecular flexibility index (Phi) is 14.1. The smallest absolute Gasteiger partial charge is 0.306 e. The van der Waals surface area contributed by atoms with Crippen molar-refractivity contribution in [2.45, 2.75) is 116 Å². The van der Waals surface area contributed by atoms with Gasteiger partial charge in [0.15, 0.2) is 5.78 Å². The molecule has 0 bridgehead atoms. The predicted octanol–water partition coefficient (Wildman–Crippen LogP) is 8.33. The Hall–Kier alpha value is -2.36. The summed E-state index contributed by atoms with van der Waals surface area (Å²) < 4.78 is 11.3. The highest BCUT2D eigenvalue weighted by Crippen LogP contribution is 2.32. The SMILES string of the molecule is C=C(COC(=O)CCCCCCC/C=C\CCCCCCCC)[C@H]1Cc2cc(C(C)=O)ccc2O1. The highest BCUT2D eigenvalue weighted by molar-refractivity contribution is 5.94. The van der Waals surface area contributed by atoms with Gasteiger partial charge in [0.1, 0.15) is 18.5 Å². The summed E-state index contributed by atoms with van der Waals surface area (Å²) in [5.74, 6) is 0.651. The molecular weight excluding hydrogens is 436 g/mol. The maximum Gasteiger partial charge on any atom is 0.306 e. The summed E-state index contributed by atoms with van der Waals surface area (Å²) in [7, 11) is 0. The highest BCUT2D eigenvalue weighted by atomic mass is 16.5. The van der Waals surface area contributed by atoms with Crippen molar-refractivity contribution in [2.24, 2.45) is 0 Å². The van der Waals surface area contributed by atoms with E-state index in [9.17, 15) is 9.59 Å². The van der Waals surface area contributed by atoms with Gasteiger partial charge in [0.2, 0.25) is 0 Å². The fourth-order valence-corrected chi connectivity index (χ4v) is 4.37. The molecular formula is C31H46O4. The second-order valence-corrected chi connectivity index (χ2v) is 9.84.